The minimum Gasteiger partial charge on any atom is -0.493 e. The fourth-order valence-corrected chi connectivity index (χ4v) is 3.37. The van der Waals surface area contributed by atoms with Crippen LogP contribution in [0.25, 0.3) is 0 Å². The number of benzene rings is 2. The van der Waals surface area contributed by atoms with Crippen molar-refractivity contribution in [2.75, 3.05) is 14.2 Å². The molecule has 2 atom stereocenters. The zero-order valence-corrected chi connectivity index (χ0v) is 15.9. The molecule has 1 heterocycles. The number of rotatable bonds is 7. The normalized spacial score (nSPS) is 21.9. The van der Waals surface area contributed by atoms with E-state index in [1.165, 1.54) is 0 Å². The van der Waals surface area contributed by atoms with Gasteiger partial charge in [-0.2, -0.15) is 0 Å². The van der Waals surface area contributed by atoms with E-state index in [0.717, 1.165) is 17.5 Å². The van der Waals surface area contributed by atoms with Crippen LogP contribution in [-0.4, -0.2) is 31.6 Å². The van der Waals surface area contributed by atoms with Crippen molar-refractivity contribution in [2.45, 2.75) is 38.1 Å². The highest BCUT2D eigenvalue weighted by molar-refractivity contribution is 5.71. The molecule has 0 aliphatic carbocycles. The molecule has 3 rings (SSSR count). The van der Waals surface area contributed by atoms with Crippen molar-refractivity contribution in [1.29, 1.82) is 0 Å². The average Bonchev–Trinajstić information content (AvgIpc) is 2.72. The molecule has 0 bridgehead atoms. The molecule has 1 aliphatic rings. The van der Waals surface area contributed by atoms with Crippen LogP contribution in [0.4, 0.5) is 0 Å². The Morgan fingerprint density at radius 3 is 2.52 bits per heavy atom. The molecule has 1 aliphatic heterocycles. The van der Waals surface area contributed by atoms with Crippen LogP contribution < -0.4 is 9.47 Å². The lowest BCUT2D eigenvalue weighted by Gasteiger charge is -2.36. The number of hydrogen-bond donors (Lipinski definition) is 0. The Hall–Kier alpha value is -2.73. The minimum atomic E-state index is -0.638. The standard InChI is InChI=1S/C21H25NO5/c1-4-21(17-10-11-18(24-2)19(12-17)25-3)13-20(27-22(23)15-21)26-14-16-8-6-5-7-9-16/h5-12,15,20H,4,13-14H2,1-3H3. The molecular formula is C21H25NO5. The SMILES string of the molecule is CCC1(c2ccc(OC)c(OC)c2)C=[N+]([O-])OC(OCc2ccccc2)C1. The van der Waals surface area contributed by atoms with Gasteiger partial charge in [-0.25, -0.2) is 0 Å². The molecule has 0 saturated carbocycles. The monoisotopic (exact) mass is 371 g/mol. The molecule has 0 fully saturated rings. The van der Waals surface area contributed by atoms with Crippen LogP contribution in [0.3, 0.4) is 0 Å². The third-order valence-electron chi connectivity index (χ3n) is 4.97. The number of nitrogens with zero attached hydrogens (tertiary/aromatic N) is 1. The van der Waals surface area contributed by atoms with Crippen molar-refractivity contribution < 1.29 is 24.0 Å². The van der Waals surface area contributed by atoms with Crippen molar-refractivity contribution in [3.05, 3.63) is 64.9 Å². The van der Waals surface area contributed by atoms with Crippen LogP contribution in [-0.2, 0) is 21.6 Å². The van der Waals surface area contributed by atoms with Crippen LogP contribution in [0, 0.1) is 5.21 Å². The topological polar surface area (TPSA) is 63.0 Å². The van der Waals surface area contributed by atoms with Crippen LogP contribution in [0.5, 0.6) is 11.5 Å². The molecule has 0 saturated heterocycles. The van der Waals surface area contributed by atoms with E-state index in [9.17, 15) is 5.21 Å². The van der Waals surface area contributed by atoms with E-state index in [-0.39, 0.29) is 0 Å². The fraction of sp³-hybridized carbons (Fsp3) is 0.381. The van der Waals surface area contributed by atoms with E-state index in [0.29, 0.717) is 29.4 Å². The van der Waals surface area contributed by atoms with E-state index in [1.807, 2.05) is 55.5 Å². The number of ether oxygens (including phenoxy) is 3. The third kappa shape index (κ3) is 4.17. The van der Waals surface area contributed by atoms with Crippen LogP contribution in [0.1, 0.15) is 30.9 Å². The Labute approximate surface area is 159 Å². The Bertz CT molecular complexity index is 792. The average molecular weight is 371 g/mol. The lowest BCUT2D eigenvalue weighted by molar-refractivity contribution is -0.770. The summed E-state index contributed by atoms with van der Waals surface area (Å²) in [5.41, 5.74) is 1.47. The highest BCUT2D eigenvalue weighted by atomic mass is 16.9. The predicted octanol–water partition coefficient (Wildman–Crippen LogP) is 3.81. The summed E-state index contributed by atoms with van der Waals surface area (Å²) in [5.74, 6) is 1.28. The quantitative estimate of drug-likeness (QED) is 0.693. The first-order chi connectivity index (χ1) is 13.1. The Balaban J connectivity index is 1.84. The summed E-state index contributed by atoms with van der Waals surface area (Å²) in [6, 6.07) is 15.5. The molecule has 0 amide bonds. The maximum Gasteiger partial charge on any atom is 0.220 e. The summed E-state index contributed by atoms with van der Waals surface area (Å²) in [7, 11) is 3.19. The van der Waals surface area contributed by atoms with Gasteiger partial charge < -0.3 is 19.0 Å². The van der Waals surface area contributed by atoms with Gasteiger partial charge in [-0.15, -0.1) is 0 Å². The Kier molecular flexibility index (Phi) is 5.86. The molecular weight excluding hydrogens is 346 g/mol. The third-order valence-corrected chi connectivity index (χ3v) is 4.97. The second kappa shape index (κ2) is 8.31. The number of hydrogen-bond acceptors (Lipinski definition) is 5. The molecule has 0 radical (unpaired) electrons. The van der Waals surface area contributed by atoms with Crippen molar-refractivity contribution >= 4 is 6.21 Å². The summed E-state index contributed by atoms with van der Waals surface area (Å²) < 4.78 is 16.6. The molecule has 2 aromatic rings. The largest absolute Gasteiger partial charge is 0.493 e. The molecule has 2 unspecified atom stereocenters. The summed E-state index contributed by atoms with van der Waals surface area (Å²) >= 11 is 0. The van der Waals surface area contributed by atoms with E-state index < -0.39 is 11.7 Å². The van der Waals surface area contributed by atoms with Crippen molar-refractivity contribution in [2.24, 2.45) is 0 Å². The van der Waals surface area contributed by atoms with E-state index in [2.05, 4.69) is 0 Å². The van der Waals surface area contributed by atoms with Crippen molar-refractivity contribution in [3.63, 3.8) is 0 Å². The first-order valence-electron chi connectivity index (χ1n) is 8.97. The van der Waals surface area contributed by atoms with Gasteiger partial charge in [-0.05, 0) is 29.7 Å². The van der Waals surface area contributed by atoms with Gasteiger partial charge in [-0.1, -0.05) is 43.3 Å². The van der Waals surface area contributed by atoms with Gasteiger partial charge >= 0.3 is 0 Å². The summed E-state index contributed by atoms with van der Waals surface area (Å²) in [6.07, 6.45) is 2.18. The van der Waals surface area contributed by atoms with E-state index in [1.54, 1.807) is 20.4 Å². The lowest BCUT2D eigenvalue weighted by atomic mass is 9.75. The second-order valence-corrected chi connectivity index (χ2v) is 6.53. The molecule has 144 valence electrons. The molecule has 0 aromatic heterocycles. The van der Waals surface area contributed by atoms with E-state index in [4.69, 9.17) is 19.0 Å². The molecule has 0 spiro atoms. The Morgan fingerprint density at radius 2 is 1.85 bits per heavy atom. The second-order valence-electron chi connectivity index (χ2n) is 6.53. The Morgan fingerprint density at radius 1 is 1.11 bits per heavy atom. The first-order valence-corrected chi connectivity index (χ1v) is 8.97. The fourth-order valence-electron chi connectivity index (χ4n) is 3.37. The van der Waals surface area contributed by atoms with Gasteiger partial charge in [0.2, 0.25) is 6.21 Å². The zero-order valence-electron chi connectivity index (χ0n) is 15.9. The number of methoxy groups -OCH3 is 2. The van der Waals surface area contributed by atoms with Gasteiger partial charge in [-0.3, -0.25) is 5.21 Å². The van der Waals surface area contributed by atoms with Gasteiger partial charge in [0.1, 0.15) is 0 Å². The van der Waals surface area contributed by atoms with Gasteiger partial charge in [0, 0.05) is 11.3 Å². The summed E-state index contributed by atoms with van der Waals surface area (Å²) in [6.45, 7) is 2.42. The van der Waals surface area contributed by atoms with Gasteiger partial charge in [0.25, 0.3) is 0 Å². The molecule has 2 aromatic carbocycles. The predicted molar refractivity (Wildman–Crippen MR) is 102 cm³/mol. The maximum atomic E-state index is 12.2. The highest BCUT2D eigenvalue weighted by Gasteiger charge is 2.40. The van der Waals surface area contributed by atoms with Crippen molar-refractivity contribution in [3.8, 4) is 11.5 Å². The molecule has 27 heavy (non-hydrogen) atoms. The van der Waals surface area contributed by atoms with Crippen LogP contribution in [0.2, 0.25) is 0 Å². The first kappa shape index (κ1) is 19.0. The minimum absolute atomic E-state index is 0.380. The van der Waals surface area contributed by atoms with E-state index >= 15 is 0 Å². The van der Waals surface area contributed by atoms with Crippen LogP contribution in [0.15, 0.2) is 48.5 Å². The maximum absolute atomic E-state index is 12.2. The smallest absolute Gasteiger partial charge is 0.220 e. The van der Waals surface area contributed by atoms with Gasteiger partial charge in [0.15, 0.2) is 17.8 Å². The van der Waals surface area contributed by atoms with Crippen LogP contribution >= 0.6 is 0 Å². The van der Waals surface area contributed by atoms with Crippen molar-refractivity contribution in [1.82, 2.24) is 0 Å². The summed E-state index contributed by atoms with van der Waals surface area (Å²) in [5, 5.41) is 12.2. The summed E-state index contributed by atoms with van der Waals surface area (Å²) in [4.78, 5) is 5.85. The molecule has 6 heteroatoms. The van der Waals surface area contributed by atoms with Gasteiger partial charge in [0.05, 0.1) is 26.2 Å². The molecule has 6 nitrogen and oxygen atoms in total. The molecule has 0 N–H and O–H groups in total. The highest BCUT2D eigenvalue weighted by Crippen LogP contribution is 2.39. The lowest BCUT2D eigenvalue weighted by Crippen LogP contribution is -2.43. The zero-order chi connectivity index (χ0) is 19.3.